The van der Waals surface area contributed by atoms with E-state index in [2.05, 4.69) is 12.0 Å². The second-order valence-electron chi connectivity index (χ2n) is 3.26. The van der Waals surface area contributed by atoms with E-state index < -0.39 is 0 Å². The largest absolute Gasteiger partial charge is 0.298 e. The van der Waals surface area contributed by atoms with Crippen LogP contribution < -0.4 is 0 Å². The van der Waals surface area contributed by atoms with E-state index in [1.807, 2.05) is 28.9 Å². The average Bonchev–Trinajstić information content (AvgIpc) is 2.76. The smallest absolute Gasteiger partial charge is 0.152 e. The molecule has 0 aliphatic carbocycles. The number of carbonyl (C=O) groups is 1. The molecule has 0 spiro atoms. The lowest BCUT2D eigenvalue weighted by molar-refractivity contribution is 0.112. The number of nitrogens with zero attached hydrogens (tertiary/aromatic N) is 2. The molecule has 76 valence electrons. The molecule has 15 heavy (non-hydrogen) atoms. The monoisotopic (exact) mass is 200 g/mol. The van der Waals surface area contributed by atoms with Crippen molar-refractivity contribution in [2.24, 2.45) is 0 Å². The summed E-state index contributed by atoms with van der Waals surface area (Å²) in [5.74, 6) is 0. The highest BCUT2D eigenvalue weighted by molar-refractivity contribution is 5.80. The maximum Gasteiger partial charge on any atom is 0.152 e. The van der Waals surface area contributed by atoms with Gasteiger partial charge in [0.05, 0.1) is 5.69 Å². The molecule has 0 aliphatic rings. The molecule has 2 rings (SSSR count). The van der Waals surface area contributed by atoms with Gasteiger partial charge in [0.1, 0.15) is 0 Å². The quantitative estimate of drug-likeness (QED) is 0.712. The van der Waals surface area contributed by atoms with Gasteiger partial charge in [-0.1, -0.05) is 19.1 Å². The first-order valence-corrected chi connectivity index (χ1v) is 4.94. The van der Waals surface area contributed by atoms with E-state index in [1.54, 1.807) is 12.3 Å². The Balaban J connectivity index is 2.58. The first kappa shape index (κ1) is 9.65. The summed E-state index contributed by atoms with van der Waals surface area (Å²) >= 11 is 0. The number of aromatic nitrogens is 2. The van der Waals surface area contributed by atoms with Crippen molar-refractivity contribution in [1.29, 1.82) is 0 Å². The van der Waals surface area contributed by atoms with Crippen LogP contribution in [0.4, 0.5) is 0 Å². The lowest BCUT2D eigenvalue weighted by Gasteiger charge is -2.07. The number of benzene rings is 1. The van der Waals surface area contributed by atoms with Crippen LogP contribution >= 0.6 is 0 Å². The van der Waals surface area contributed by atoms with E-state index in [1.165, 1.54) is 0 Å². The number of hydrogen-bond acceptors (Lipinski definition) is 2. The SMILES string of the molecule is CCc1ccnn1-c1ccccc1C=O. The molecule has 3 nitrogen and oxygen atoms in total. The minimum Gasteiger partial charge on any atom is -0.298 e. The van der Waals surface area contributed by atoms with Crippen molar-refractivity contribution in [1.82, 2.24) is 9.78 Å². The van der Waals surface area contributed by atoms with Gasteiger partial charge in [0.25, 0.3) is 0 Å². The van der Waals surface area contributed by atoms with Crippen molar-refractivity contribution >= 4 is 6.29 Å². The van der Waals surface area contributed by atoms with Gasteiger partial charge in [0.2, 0.25) is 0 Å². The molecule has 0 saturated carbocycles. The van der Waals surface area contributed by atoms with Crippen molar-refractivity contribution in [2.45, 2.75) is 13.3 Å². The van der Waals surface area contributed by atoms with Crippen LogP contribution in [-0.4, -0.2) is 16.1 Å². The van der Waals surface area contributed by atoms with Crippen LogP contribution in [-0.2, 0) is 6.42 Å². The summed E-state index contributed by atoms with van der Waals surface area (Å²) in [6.07, 6.45) is 3.50. The Kier molecular flexibility index (Phi) is 2.63. The Morgan fingerprint density at radius 2 is 2.13 bits per heavy atom. The van der Waals surface area contributed by atoms with E-state index in [-0.39, 0.29) is 0 Å². The Labute approximate surface area is 88.4 Å². The second-order valence-corrected chi connectivity index (χ2v) is 3.26. The first-order valence-electron chi connectivity index (χ1n) is 4.94. The minimum atomic E-state index is 0.663. The summed E-state index contributed by atoms with van der Waals surface area (Å²) in [5, 5.41) is 4.22. The van der Waals surface area contributed by atoms with Crippen LogP contribution in [0.15, 0.2) is 36.5 Å². The van der Waals surface area contributed by atoms with Crippen LogP contribution in [0.5, 0.6) is 0 Å². The van der Waals surface area contributed by atoms with Gasteiger partial charge in [-0.2, -0.15) is 5.10 Å². The van der Waals surface area contributed by atoms with Gasteiger partial charge >= 0.3 is 0 Å². The maximum atomic E-state index is 10.9. The van der Waals surface area contributed by atoms with E-state index in [0.29, 0.717) is 5.56 Å². The van der Waals surface area contributed by atoms with Crippen LogP contribution in [0.2, 0.25) is 0 Å². The van der Waals surface area contributed by atoms with E-state index in [9.17, 15) is 4.79 Å². The van der Waals surface area contributed by atoms with Crippen molar-refractivity contribution in [3.8, 4) is 5.69 Å². The number of aldehydes is 1. The van der Waals surface area contributed by atoms with Crippen LogP contribution in [0.3, 0.4) is 0 Å². The predicted octanol–water partition coefficient (Wildman–Crippen LogP) is 2.25. The molecule has 0 unspecified atom stereocenters. The molecular weight excluding hydrogens is 188 g/mol. The van der Waals surface area contributed by atoms with E-state index in [0.717, 1.165) is 24.1 Å². The topological polar surface area (TPSA) is 34.9 Å². The highest BCUT2D eigenvalue weighted by Crippen LogP contribution is 2.14. The molecule has 0 saturated heterocycles. The zero-order chi connectivity index (χ0) is 10.7. The number of hydrogen-bond donors (Lipinski definition) is 0. The van der Waals surface area contributed by atoms with Crippen LogP contribution in [0, 0.1) is 0 Å². The third-order valence-corrected chi connectivity index (χ3v) is 2.38. The van der Waals surface area contributed by atoms with Gasteiger partial charge in [-0.15, -0.1) is 0 Å². The van der Waals surface area contributed by atoms with Crippen molar-refractivity contribution < 1.29 is 4.79 Å². The third-order valence-electron chi connectivity index (χ3n) is 2.38. The number of aryl methyl sites for hydroxylation is 1. The Hall–Kier alpha value is -1.90. The van der Waals surface area contributed by atoms with Gasteiger partial charge in [-0.25, -0.2) is 4.68 Å². The molecule has 0 N–H and O–H groups in total. The molecular formula is C12H12N2O. The Morgan fingerprint density at radius 1 is 1.33 bits per heavy atom. The summed E-state index contributed by atoms with van der Waals surface area (Å²) in [5.41, 5.74) is 2.61. The standard InChI is InChI=1S/C12H12N2O/c1-2-11-7-8-13-14(11)12-6-4-3-5-10(12)9-15/h3-9H,2H2,1H3. The normalized spacial score (nSPS) is 10.2. The molecule has 0 bridgehead atoms. The molecule has 0 amide bonds. The Morgan fingerprint density at radius 3 is 2.87 bits per heavy atom. The first-order chi connectivity index (χ1) is 7.36. The fraction of sp³-hybridized carbons (Fsp3) is 0.167. The van der Waals surface area contributed by atoms with Crippen LogP contribution in [0.1, 0.15) is 23.0 Å². The fourth-order valence-corrected chi connectivity index (χ4v) is 1.60. The average molecular weight is 200 g/mol. The Bertz CT molecular complexity index is 474. The molecule has 0 fully saturated rings. The van der Waals surface area contributed by atoms with Crippen molar-refractivity contribution in [3.63, 3.8) is 0 Å². The highest BCUT2D eigenvalue weighted by Gasteiger charge is 2.06. The molecule has 3 heteroatoms. The fourth-order valence-electron chi connectivity index (χ4n) is 1.60. The lowest BCUT2D eigenvalue weighted by atomic mass is 10.2. The summed E-state index contributed by atoms with van der Waals surface area (Å²) in [4.78, 5) is 10.9. The summed E-state index contributed by atoms with van der Waals surface area (Å²) in [7, 11) is 0. The van der Waals surface area contributed by atoms with E-state index in [4.69, 9.17) is 0 Å². The number of para-hydroxylation sites is 1. The number of carbonyl (C=O) groups excluding carboxylic acids is 1. The molecule has 0 aliphatic heterocycles. The van der Waals surface area contributed by atoms with Gasteiger partial charge in [0.15, 0.2) is 6.29 Å². The van der Waals surface area contributed by atoms with Crippen molar-refractivity contribution in [2.75, 3.05) is 0 Å². The molecule has 1 heterocycles. The molecule has 2 aromatic rings. The molecule has 0 radical (unpaired) electrons. The zero-order valence-electron chi connectivity index (χ0n) is 8.55. The maximum absolute atomic E-state index is 10.9. The second kappa shape index (κ2) is 4.09. The lowest BCUT2D eigenvalue weighted by Crippen LogP contribution is -2.04. The summed E-state index contributed by atoms with van der Waals surface area (Å²) in [6.45, 7) is 2.07. The third kappa shape index (κ3) is 1.68. The highest BCUT2D eigenvalue weighted by atomic mass is 16.1. The zero-order valence-corrected chi connectivity index (χ0v) is 8.55. The number of rotatable bonds is 3. The van der Waals surface area contributed by atoms with Crippen LogP contribution in [0.25, 0.3) is 5.69 Å². The predicted molar refractivity (Wildman–Crippen MR) is 58.3 cm³/mol. The van der Waals surface area contributed by atoms with E-state index >= 15 is 0 Å². The van der Waals surface area contributed by atoms with Gasteiger partial charge in [-0.05, 0) is 24.6 Å². The minimum absolute atomic E-state index is 0.663. The summed E-state index contributed by atoms with van der Waals surface area (Å²) < 4.78 is 1.81. The van der Waals surface area contributed by atoms with Gasteiger partial charge in [-0.3, -0.25) is 4.79 Å². The molecule has 1 aromatic carbocycles. The molecule has 1 aromatic heterocycles. The van der Waals surface area contributed by atoms with Crippen molar-refractivity contribution in [3.05, 3.63) is 47.8 Å². The van der Waals surface area contributed by atoms with Gasteiger partial charge < -0.3 is 0 Å². The van der Waals surface area contributed by atoms with Gasteiger partial charge in [0, 0.05) is 17.5 Å². The summed E-state index contributed by atoms with van der Waals surface area (Å²) in [6, 6.07) is 9.41. The molecule has 0 atom stereocenters.